The predicted octanol–water partition coefficient (Wildman–Crippen LogP) is 4.29. The Morgan fingerprint density at radius 1 is 1.27 bits per heavy atom. The smallest absolute Gasteiger partial charge is 0.262 e. The number of anilines is 1. The highest BCUT2D eigenvalue weighted by Crippen LogP contribution is 2.29. The van der Waals surface area contributed by atoms with Crippen molar-refractivity contribution in [2.24, 2.45) is 0 Å². The van der Waals surface area contributed by atoms with Crippen LogP contribution in [0.1, 0.15) is 30.3 Å². The number of fused-ring (bicyclic) bond motifs is 1. The minimum absolute atomic E-state index is 0.00754. The van der Waals surface area contributed by atoms with Gasteiger partial charge in [0.05, 0.1) is 21.6 Å². The molecule has 8 heteroatoms. The zero-order chi connectivity index (χ0) is 18.3. The van der Waals surface area contributed by atoms with Crippen LogP contribution in [0, 0.1) is 6.92 Å². The van der Waals surface area contributed by atoms with E-state index in [1.165, 1.54) is 0 Å². The van der Waals surface area contributed by atoms with Crippen LogP contribution in [0.2, 0.25) is 0 Å². The quantitative estimate of drug-likeness (QED) is 0.639. The molecule has 1 atom stereocenters. The molecule has 1 saturated heterocycles. The summed E-state index contributed by atoms with van der Waals surface area (Å²) in [7, 11) is -3.68. The number of rotatable bonds is 4. The van der Waals surface area contributed by atoms with E-state index in [4.69, 9.17) is 4.74 Å². The summed E-state index contributed by atoms with van der Waals surface area (Å²) in [4.78, 5) is 8.04. The van der Waals surface area contributed by atoms with Crippen molar-refractivity contribution in [2.45, 2.75) is 30.8 Å². The van der Waals surface area contributed by atoms with Gasteiger partial charge in [-0.25, -0.2) is 13.4 Å². The lowest BCUT2D eigenvalue weighted by molar-refractivity contribution is 0.106. The maximum atomic E-state index is 12.7. The molecule has 0 aliphatic carbocycles. The van der Waals surface area contributed by atoms with E-state index in [2.05, 4.69) is 30.6 Å². The first-order valence-electron chi connectivity index (χ1n) is 8.33. The van der Waals surface area contributed by atoms with E-state index in [1.807, 2.05) is 6.07 Å². The number of aromatic amines is 1. The van der Waals surface area contributed by atoms with Crippen LogP contribution in [0.4, 0.5) is 5.69 Å². The SMILES string of the molecule is Cc1ccc(Br)cc1S(=O)(=O)Nc1ccc2nc(C3CCCO3)[nH]c2c1. The molecule has 4 rings (SSSR count). The van der Waals surface area contributed by atoms with E-state index >= 15 is 0 Å². The van der Waals surface area contributed by atoms with E-state index in [0.717, 1.165) is 36.3 Å². The Kier molecular flexibility index (Phi) is 4.50. The lowest BCUT2D eigenvalue weighted by atomic mass is 10.2. The topological polar surface area (TPSA) is 84.1 Å². The summed E-state index contributed by atoms with van der Waals surface area (Å²) in [6.07, 6.45) is 1.96. The number of ether oxygens (including phenoxy) is 1. The van der Waals surface area contributed by atoms with Gasteiger partial charge in [0.25, 0.3) is 10.0 Å². The highest BCUT2D eigenvalue weighted by atomic mass is 79.9. The third-order valence-electron chi connectivity index (χ3n) is 4.43. The van der Waals surface area contributed by atoms with Crippen LogP contribution < -0.4 is 4.72 Å². The molecule has 2 aromatic carbocycles. The van der Waals surface area contributed by atoms with Crippen molar-refractivity contribution in [3.63, 3.8) is 0 Å². The van der Waals surface area contributed by atoms with Crippen LogP contribution in [0.25, 0.3) is 11.0 Å². The van der Waals surface area contributed by atoms with Gasteiger partial charge < -0.3 is 9.72 Å². The van der Waals surface area contributed by atoms with Crippen molar-refractivity contribution in [3.8, 4) is 0 Å². The average Bonchev–Trinajstić information content (AvgIpc) is 3.25. The second kappa shape index (κ2) is 6.68. The van der Waals surface area contributed by atoms with Gasteiger partial charge in [-0.3, -0.25) is 4.72 Å². The van der Waals surface area contributed by atoms with Crippen molar-refractivity contribution < 1.29 is 13.2 Å². The number of hydrogen-bond donors (Lipinski definition) is 2. The van der Waals surface area contributed by atoms with Crippen molar-refractivity contribution in [2.75, 3.05) is 11.3 Å². The van der Waals surface area contributed by atoms with Crippen LogP contribution in [0.3, 0.4) is 0 Å². The monoisotopic (exact) mass is 435 g/mol. The van der Waals surface area contributed by atoms with Gasteiger partial charge in [0.15, 0.2) is 0 Å². The Bertz CT molecular complexity index is 1070. The molecular weight excluding hydrogens is 418 g/mol. The molecule has 1 fully saturated rings. The van der Waals surface area contributed by atoms with Gasteiger partial charge in [0.1, 0.15) is 11.9 Å². The summed E-state index contributed by atoms with van der Waals surface area (Å²) in [6.45, 7) is 2.52. The fourth-order valence-electron chi connectivity index (χ4n) is 3.11. The summed E-state index contributed by atoms with van der Waals surface area (Å²) in [6, 6.07) is 10.5. The summed E-state index contributed by atoms with van der Waals surface area (Å²) in [5, 5.41) is 0. The molecule has 136 valence electrons. The fourth-order valence-corrected chi connectivity index (χ4v) is 4.95. The lowest BCUT2D eigenvalue weighted by Gasteiger charge is -2.10. The second-order valence-electron chi connectivity index (χ2n) is 6.37. The summed E-state index contributed by atoms with van der Waals surface area (Å²) in [5.41, 5.74) is 2.74. The van der Waals surface area contributed by atoms with E-state index in [1.54, 1.807) is 37.3 Å². The first-order valence-corrected chi connectivity index (χ1v) is 10.6. The van der Waals surface area contributed by atoms with Gasteiger partial charge in [-0.1, -0.05) is 22.0 Å². The van der Waals surface area contributed by atoms with Gasteiger partial charge >= 0.3 is 0 Å². The van der Waals surface area contributed by atoms with Gasteiger partial charge in [-0.05, 0) is 55.7 Å². The number of halogens is 1. The molecule has 1 aliphatic rings. The maximum absolute atomic E-state index is 12.7. The van der Waals surface area contributed by atoms with E-state index < -0.39 is 10.0 Å². The maximum Gasteiger partial charge on any atom is 0.262 e. The number of sulfonamides is 1. The van der Waals surface area contributed by atoms with Gasteiger partial charge in [0, 0.05) is 11.1 Å². The van der Waals surface area contributed by atoms with Crippen molar-refractivity contribution in [1.29, 1.82) is 0 Å². The molecular formula is C18H18BrN3O3S. The molecule has 1 aromatic heterocycles. The molecule has 26 heavy (non-hydrogen) atoms. The first kappa shape index (κ1) is 17.5. The van der Waals surface area contributed by atoms with Crippen LogP contribution in [-0.2, 0) is 14.8 Å². The van der Waals surface area contributed by atoms with Crippen LogP contribution in [-0.4, -0.2) is 25.0 Å². The van der Waals surface area contributed by atoms with Gasteiger partial charge in [0.2, 0.25) is 0 Å². The fraction of sp³-hybridized carbons (Fsp3) is 0.278. The van der Waals surface area contributed by atoms with Crippen LogP contribution in [0.15, 0.2) is 45.8 Å². The first-order chi connectivity index (χ1) is 12.4. The highest BCUT2D eigenvalue weighted by Gasteiger charge is 2.22. The van der Waals surface area contributed by atoms with Crippen molar-refractivity contribution in [1.82, 2.24) is 9.97 Å². The zero-order valence-corrected chi connectivity index (χ0v) is 16.5. The molecule has 2 N–H and O–H groups in total. The number of aromatic nitrogens is 2. The molecule has 0 amide bonds. The molecule has 0 saturated carbocycles. The Hall–Kier alpha value is -1.90. The molecule has 3 aromatic rings. The standard InChI is InChI=1S/C18H18BrN3O3S/c1-11-4-5-12(19)9-17(11)26(23,24)22-13-6-7-14-15(10-13)21-18(20-14)16-3-2-8-25-16/h4-7,9-10,16,22H,2-3,8H2,1H3,(H,20,21). The van der Waals surface area contributed by atoms with Gasteiger partial charge in [-0.2, -0.15) is 0 Å². The Morgan fingerprint density at radius 2 is 2.12 bits per heavy atom. The summed E-state index contributed by atoms with van der Waals surface area (Å²) in [5.74, 6) is 0.792. The Labute approximate surface area is 160 Å². The Balaban J connectivity index is 1.65. The Morgan fingerprint density at radius 3 is 2.88 bits per heavy atom. The normalized spacial score (nSPS) is 17.7. The molecule has 0 spiro atoms. The number of aryl methyl sites for hydroxylation is 1. The molecule has 2 heterocycles. The third-order valence-corrected chi connectivity index (χ3v) is 6.44. The lowest BCUT2D eigenvalue weighted by Crippen LogP contribution is -2.14. The van der Waals surface area contributed by atoms with Crippen LogP contribution >= 0.6 is 15.9 Å². The highest BCUT2D eigenvalue weighted by molar-refractivity contribution is 9.10. The average molecular weight is 436 g/mol. The number of hydrogen-bond acceptors (Lipinski definition) is 4. The number of benzene rings is 2. The van der Waals surface area contributed by atoms with E-state index in [0.29, 0.717) is 15.7 Å². The molecule has 6 nitrogen and oxygen atoms in total. The zero-order valence-electron chi connectivity index (χ0n) is 14.1. The van der Waals surface area contributed by atoms with Crippen molar-refractivity contribution >= 4 is 42.7 Å². The van der Waals surface area contributed by atoms with Gasteiger partial charge in [-0.15, -0.1) is 0 Å². The minimum Gasteiger partial charge on any atom is -0.370 e. The van der Waals surface area contributed by atoms with Crippen LogP contribution in [0.5, 0.6) is 0 Å². The largest absolute Gasteiger partial charge is 0.370 e. The number of imidazole rings is 1. The van der Waals surface area contributed by atoms with E-state index in [-0.39, 0.29) is 11.0 Å². The molecule has 0 radical (unpaired) electrons. The summed E-state index contributed by atoms with van der Waals surface area (Å²) < 4.78 is 34.5. The third kappa shape index (κ3) is 3.36. The number of nitrogens with zero attached hydrogens (tertiary/aromatic N) is 1. The number of nitrogens with one attached hydrogen (secondary N) is 2. The van der Waals surface area contributed by atoms with E-state index in [9.17, 15) is 8.42 Å². The number of H-pyrrole nitrogens is 1. The molecule has 0 bridgehead atoms. The van der Waals surface area contributed by atoms with Crippen molar-refractivity contribution in [3.05, 3.63) is 52.3 Å². The molecule has 1 aliphatic heterocycles. The second-order valence-corrected chi connectivity index (χ2v) is 8.94. The predicted molar refractivity (Wildman–Crippen MR) is 104 cm³/mol. The molecule has 1 unspecified atom stereocenters. The summed E-state index contributed by atoms with van der Waals surface area (Å²) >= 11 is 3.32. The minimum atomic E-state index is -3.68.